The van der Waals surface area contributed by atoms with Gasteiger partial charge in [-0.05, 0) is 12.1 Å². The van der Waals surface area contributed by atoms with Crippen LogP contribution in [0.5, 0.6) is 0 Å². The Kier molecular flexibility index (Phi) is 3.05. The molecular weight excluding hydrogens is 237 g/mol. The predicted octanol–water partition coefficient (Wildman–Crippen LogP) is 1.84. The summed E-state index contributed by atoms with van der Waals surface area (Å²) in [5, 5.41) is 4.32. The zero-order valence-electron chi connectivity index (χ0n) is 9.45. The molecule has 0 spiro atoms. The van der Waals surface area contributed by atoms with Crippen LogP contribution in [0.25, 0.3) is 10.2 Å². The van der Waals surface area contributed by atoms with Crippen molar-refractivity contribution >= 4 is 21.6 Å². The van der Waals surface area contributed by atoms with Crippen molar-refractivity contribution in [3.05, 3.63) is 29.0 Å². The third kappa shape index (κ3) is 2.31. The summed E-state index contributed by atoms with van der Waals surface area (Å²) in [5.41, 5.74) is 0.516. The number of nitrogens with zero attached hydrogens (tertiary/aromatic N) is 2. The minimum atomic E-state index is -0.217. The molecule has 0 radical (unpaired) electrons. The lowest BCUT2D eigenvalue weighted by Crippen LogP contribution is -2.42. The number of hydrogen-bond acceptors (Lipinski definition) is 4. The van der Waals surface area contributed by atoms with Crippen molar-refractivity contribution in [3.8, 4) is 0 Å². The average molecular weight is 251 g/mol. The van der Waals surface area contributed by atoms with Crippen LogP contribution in [0.4, 0.5) is 4.39 Å². The van der Waals surface area contributed by atoms with Crippen molar-refractivity contribution < 1.29 is 4.39 Å². The molecule has 17 heavy (non-hydrogen) atoms. The second-order valence-electron chi connectivity index (χ2n) is 4.22. The fraction of sp³-hybridized carbons (Fsp3) is 0.417. The van der Waals surface area contributed by atoms with Gasteiger partial charge in [0.2, 0.25) is 0 Å². The minimum Gasteiger partial charge on any atom is -0.314 e. The van der Waals surface area contributed by atoms with Gasteiger partial charge in [-0.15, -0.1) is 11.3 Å². The van der Waals surface area contributed by atoms with Crippen LogP contribution in [0.1, 0.15) is 5.01 Å². The molecule has 1 N–H and O–H groups in total. The Hall–Kier alpha value is -1.04. The van der Waals surface area contributed by atoms with E-state index in [9.17, 15) is 4.39 Å². The normalized spacial score (nSPS) is 17.7. The van der Waals surface area contributed by atoms with E-state index in [1.807, 2.05) is 6.07 Å². The van der Waals surface area contributed by atoms with E-state index >= 15 is 0 Å². The maximum Gasteiger partial charge on any atom is 0.150 e. The predicted molar refractivity (Wildman–Crippen MR) is 67.7 cm³/mol. The molecule has 90 valence electrons. The van der Waals surface area contributed by atoms with Crippen molar-refractivity contribution in [2.75, 3.05) is 26.2 Å². The monoisotopic (exact) mass is 251 g/mol. The van der Waals surface area contributed by atoms with Gasteiger partial charge in [-0.1, -0.05) is 6.07 Å². The van der Waals surface area contributed by atoms with E-state index in [0.29, 0.717) is 5.52 Å². The van der Waals surface area contributed by atoms with Crippen molar-refractivity contribution in [3.63, 3.8) is 0 Å². The number of para-hydroxylation sites is 1. The maximum atomic E-state index is 13.5. The Morgan fingerprint density at radius 2 is 2.18 bits per heavy atom. The van der Waals surface area contributed by atoms with Gasteiger partial charge in [0.05, 0.1) is 11.2 Å². The highest BCUT2D eigenvalue weighted by molar-refractivity contribution is 7.18. The first kappa shape index (κ1) is 11.1. The summed E-state index contributed by atoms with van der Waals surface area (Å²) < 4.78 is 14.4. The van der Waals surface area contributed by atoms with Crippen LogP contribution in [-0.4, -0.2) is 36.1 Å². The average Bonchev–Trinajstić information content (AvgIpc) is 2.74. The summed E-state index contributed by atoms with van der Waals surface area (Å²) >= 11 is 1.59. The SMILES string of the molecule is Fc1cccc2sc(CN3CCNCC3)nc12. The van der Waals surface area contributed by atoms with Crippen LogP contribution in [0.3, 0.4) is 0 Å². The van der Waals surface area contributed by atoms with Crippen molar-refractivity contribution in [1.82, 2.24) is 15.2 Å². The van der Waals surface area contributed by atoms with E-state index < -0.39 is 0 Å². The van der Waals surface area contributed by atoms with Gasteiger partial charge in [0.15, 0.2) is 0 Å². The molecule has 1 aliphatic heterocycles. The van der Waals surface area contributed by atoms with Crippen LogP contribution >= 0.6 is 11.3 Å². The molecular formula is C12H14FN3S. The molecule has 0 atom stereocenters. The molecule has 0 aliphatic carbocycles. The topological polar surface area (TPSA) is 28.2 Å². The number of aromatic nitrogens is 1. The third-order valence-electron chi connectivity index (χ3n) is 2.98. The Morgan fingerprint density at radius 1 is 1.35 bits per heavy atom. The quantitative estimate of drug-likeness (QED) is 0.882. The highest BCUT2D eigenvalue weighted by Gasteiger charge is 2.13. The number of rotatable bonds is 2. The number of halogens is 1. The zero-order chi connectivity index (χ0) is 11.7. The molecule has 0 unspecified atom stereocenters. The van der Waals surface area contributed by atoms with Crippen molar-refractivity contribution in [2.45, 2.75) is 6.54 Å². The molecule has 2 heterocycles. The molecule has 1 saturated heterocycles. The molecule has 2 aromatic rings. The number of nitrogens with one attached hydrogen (secondary N) is 1. The lowest BCUT2D eigenvalue weighted by Gasteiger charge is -2.25. The number of fused-ring (bicyclic) bond motifs is 1. The number of piperazine rings is 1. The Labute approximate surface area is 103 Å². The molecule has 1 fully saturated rings. The van der Waals surface area contributed by atoms with Gasteiger partial charge in [0.1, 0.15) is 16.3 Å². The van der Waals surface area contributed by atoms with Gasteiger partial charge in [-0.3, -0.25) is 4.90 Å². The van der Waals surface area contributed by atoms with Gasteiger partial charge < -0.3 is 5.32 Å². The lowest BCUT2D eigenvalue weighted by molar-refractivity contribution is 0.233. The number of hydrogen-bond donors (Lipinski definition) is 1. The fourth-order valence-corrected chi connectivity index (χ4v) is 3.11. The van der Waals surface area contributed by atoms with E-state index in [4.69, 9.17) is 0 Å². The molecule has 1 aliphatic rings. The largest absolute Gasteiger partial charge is 0.314 e. The Balaban J connectivity index is 1.83. The third-order valence-corrected chi connectivity index (χ3v) is 3.99. The van der Waals surface area contributed by atoms with Crippen LogP contribution in [0.15, 0.2) is 18.2 Å². The van der Waals surface area contributed by atoms with Crippen molar-refractivity contribution in [1.29, 1.82) is 0 Å². The lowest BCUT2D eigenvalue weighted by atomic mass is 10.3. The van der Waals surface area contributed by atoms with Crippen LogP contribution in [-0.2, 0) is 6.54 Å². The fourth-order valence-electron chi connectivity index (χ4n) is 2.09. The summed E-state index contributed by atoms with van der Waals surface area (Å²) in [4.78, 5) is 6.74. The molecule has 3 nitrogen and oxygen atoms in total. The standard InChI is InChI=1S/C12H14FN3S/c13-9-2-1-3-10-12(9)15-11(17-10)8-16-6-4-14-5-7-16/h1-3,14H,4-8H2. The van der Waals surface area contributed by atoms with Crippen molar-refractivity contribution in [2.24, 2.45) is 0 Å². The Bertz CT molecular complexity index is 519. The second kappa shape index (κ2) is 4.68. The minimum absolute atomic E-state index is 0.217. The zero-order valence-corrected chi connectivity index (χ0v) is 10.3. The highest BCUT2D eigenvalue weighted by atomic mass is 32.1. The van der Waals surface area contributed by atoms with E-state index in [1.165, 1.54) is 6.07 Å². The van der Waals surface area contributed by atoms with Crippen LogP contribution in [0.2, 0.25) is 0 Å². The molecule has 3 rings (SSSR count). The van der Waals surface area contributed by atoms with Crippen LogP contribution < -0.4 is 5.32 Å². The number of thiazole rings is 1. The first-order valence-electron chi connectivity index (χ1n) is 5.80. The van der Waals surface area contributed by atoms with Gasteiger partial charge in [0.25, 0.3) is 0 Å². The molecule has 1 aromatic heterocycles. The van der Waals surface area contributed by atoms with Gasteiger partial charge in [-0.25, -0.2) is 9.37 Å². The summed E-state index contributed by atoms with van der Waals surface area (Å²) in [5.74, 6) is -0.217. The smallest absolute Gasteiger partial charge is 0.150 e. The molecule has 1 aromatic carbocycles. The van der Waals surface area contributed by atoms with Gasteiger partial charge >= 0.3 is 0 Å². The van der Waals surface area contributed by atoms with E-state index in [1.54, 1.807) is 17.4 Å². The van der Waals surface area contributed by atoms with Gasteiger partial charge in [-0.2, -0.15) is 0 Å². The summed E-state index contributed by atoms with van der Waals surface area (Å²) in [6.45, 7) is 4.97. The van der Waals surface area contributed by atoms with E-state index in [2.05, 4.69) is 15.2 Å². The van der Waals surface area contributed by atoms with Crippen LogP contribution in [0, 0.1) is 5.82 Å². The molecule has 0 saturated carbocycles. The summed E-state index contributed by atoms with van der Waals surface area (Å²) in [6.07, 6.45) is 0. The first-order valence-corrected chi connectivity index (χ1v) is 6.61. The second-order valence-corrected chi connectivity index (χ2v) is 5.34. The molecule has 0 amide bonds. The molecule has 5 heteroatoms. The maximum absolute atomic E-state index is 13.5. The molecule has 0 bridgehead atoms. The summed E-state index contributed by atoms with van der Waals surface area (Å²) in [7, 11) is 0. The van der Waals surface area contributed by atoms with Gasteiger partial charge in [0, 0.05) is 26.2 Å². The van der Waals surface area contributed by atoms with E-state index in [0.717, 1.165) is 42.4 Å². The summed E-state index contributed by atoms with van der Waals surface area (Å²) in [6, 6.07) is 5.14. The highest BCUT2D eigenvalue weighted by Crippen LogP contribution is 2.24. The Morgan fingerprint density at radius 3 is 2.94 bits per heavy atom. The first-order chi connectivity index (χ1) is 8.33. The van der Waals surface area contributed by atoms with E-state index in [-0.39, 0.29) is 5.82 Å². The number of benzene rings is 1.